The highest BCUT2D eigenvalue weighted by Crippen LogP contribution is 2.21. The van der Waals surface area contributed by atoms with E-state index >= 15 is 0 Å². The molecule has 0 saturated carbocycles. The number of rotatable bonds is 4. The molecule has 0 aliphatic carbocycles. The summed E-state index contributed by atoms with van der Waals surface area (Å²) in [6.07, 6.45) is 2.26. The lowest BCUT2D eigenvalue weighted by atomic mass is 10.1. The largest absolute Gasteiger partial charge is 0.467 e. The summed E-state index contributed by atoms with van der Waals surface area (Å²) in [6, 6.07) is 8.47. The number of hydrogen-bond donors (Lipinski definition) is 0. The topological polar surface area (TPSA) is 73.9 Å². The van der Waals surface area contributed by atoms with Crippen molar-refractivity contribution in [2.75, 3.05) is 7.11 Å². The highest BCUT2D eigenvalue weighted by molar-refractivity contribution is 5.54. The minimum Gasteiger partial charge on any atom is -0.467 e. The summed E-state index contributed by atoms with van der Waals surface area (Å²) in [6.45, 7) is 3.92. The van der Waals surface area contributed by atoms with E-state index in [-0.39, 0.29) is 0 Å². The van der Waals surface area contributed by atoms with Crippen molar-refractivity contribution in [2.45, 2.75) is 20.3 Å². The van der Waals surface area contributed by atoms with Crippen molar-refractivity contribution in [3.8, 4) is 17.5 Å². The third-order valence-electron chi connectivity index (χ3n) is 3.45. The highest BCUT2D eigenvalue weighted by Gasteiger charge is 2.14. The number of aromatic nitrogens is 4. The Kier molecular flexibility index (Phi) is 3.82. The van der Waals surface area contributed by atoms with Gasteiger partial charge < -0.3 is 9.26 Å². The van der Waals surface area contributed by atoms with E-state index in [9.17, 15) is 0 Å². The number of ether oxygens (including phenoxy) is 1. The first-order valence-electron chi connectivity index (χ1n) is 6.92. The summed E-state index contributed by atoms with van der Waals surface area (Å²) in [5, 5.41) is 4.04. The molecular weight excluding hydrogens is 280 g/mol. The van der Waals surface area contributed by atoms with Crippen LogP contribution in [0.15, 0.2) is 35.0 Å². The minimum absolute atomic E-state index is 0.320. The normalized spacial score (nSPS) is 10.7. The lowest BCUT2D eigenvalue weighted by Gasteiger charge is -2.02. The van der Waals surface area contributed by atoms with Crippen LogP contribution in [-0.4, -0.2) is 27.2 Å². The van der Waals surface area contributed by atoms with Crippen molar-refractivity contribution in [1.29, 1.82) is 0 Å². The van der Waals surface area contributed by atoms with Gasteiger partial charge in [-0.1, -0.05) is 29.4 Å². The molecular formula is C16H16N4O2. The van der Waals surface area contributed by atoms with Gasteiger partial charge in [0.25, 0.3) is 5.89 Å². The van der Waals surface area contributed by atoms with Crippen LogP contribution in [0.5, 0.6) is 6.01 Å². The summed E-state index contributed by atoms with van der Waals surface area (Å²) in [4.78, 5) is 12.7. The summed E-state index contributed by atoms with van der Waals surface area (Å²) < 4.78 is 10.3. The molecule has 0 amide bonds. The first-order valence-corrected chi connectivity index (χ1v) is 6.92. The van der Waals surface area contributed by atoms with Gasteiger partial charge in [-0.2, -0.15) is 9.97 Å². The van der Waals surface area contributed by atoms with Crippen LogP contribution in [0.1, 0.15) is 22.6 Å². The molecule has 2 heterocycles. The second-order valence-corrected chi connectivity index (χ2v) is 4.97. The van der Waals surface area contributed by atoms with Crippen LogP contribution in [0.4, 0.5) is 0 Å². The Balaban J connectivity index is 1.86. The fourth-order valence-corrected chi connectivity index (χ4v) is 2.17. The predicted octanol–water partition coefficient (Wildman–Crippen LogP) is 2.74. The van der Waals surface area contributed by atoms with E-state index in [2.05, 4.69) is 39.2 Å². The number of nitrogens with zero attached hydrogens (tertiary/aromatic N) is 4. The van der Waals surface area contributed by atoms with E-state index in [0.29, 0.717) is 29.7 Å². The SMILES string of the molecule is COc1ncc(-c2nc(Cc3ccccc3C)no2)c(C)n1. The molecule has 0 unspecified atom stereocenters. The van der Waals surface area contributed by atoms with Gasteiger partial charge in [-0.05, 0) is 25.0 Å². The smallest absolute Gasteiger partial charge is 0.316 e. The molecule has 0 N–H and O–H groups in total. The lowest BCUT2D eigenvalue weighted by molar-refractivity contribution is 0.378. The van der Waals surface area contributed by atoms with Crippen molar-refractivity contribution in [2.24, 2.45) is 0 Å². The van der Waals surface area contributed by atoms with E-state index in [1.165, 1.54) is 18.2 Å². The van der Waals surface area contributed by atoms with Crippen molar-refractivity contribution in [1.82, 2.24) is 20.1 Å². The molecule has 0 aliphatic heterocycles. The molecule has 1 aromatic carbocycles. The van der Waals surface area contributed by atoms with Gasteiger partial charge in [-0.25, -0.2) is 4.98 Å². The minimum atomic E-state index is 0.320. The number of benzene rings is 1. The Hall–Kier alpha value is -2.76. The summed E-state index contributed by atoms with van der Waals surface area (Å²) >= 11 is 0. The first kappa shape index (κ1) is 14.2. The average molecular weight is 296 g/mol. The van der Waals surface area contributed by atoms with Crippen LogP contribution in [-0.2, 0) is 6.42 Å². The predicted molar refractivity (Wildman–Crippen MR) is 80.6 cm³/mol. The summed E-state index contributed by atoms with van der Waals surface area (Å²) in [7, 11) is 1.53. The average Bonchev–Trinajstić information content (AvgIpc) is 2.97. The third kappa shape index (κ3) is 2.81. The Morgan fingerprint density at radius 3 is 2.68 bits per heavy atom. The van der Waals surface area contributed by atoms with E-state index in [1.807, 2.05) is 19.1 Å². The molecule has 0 aliphatic rings. The molecule has 6 nitrogen and oxygen atoms in total. The molecule has 3 aromatic rings. The van der Waals surface area contributed by atoms with E-state index in [0.717, 1.165) is 5.69 Å². The van der Waals surface area contributed by atoms with Crippen LogP contribution >= 0.6 is 0 Å². The van der Waals surface area contributed by atoms with Crippen molar-refractivity contribution >= 4 is 0 Å². The Bertz CT molecular complexity index is 798. The van der Waals surface area contributed by atoms with Gasteiger partial charge in [0, 0.05) is 12.6 Å². The molecule has 0 radical (unpaired) electrons. The molecule has 0 saturated heterocycles. The third-order valence-corrected chi connectivity index (χ3v) is 3.45. The monoisotopic (exact) mass is 296 g/mol. The zero-order valence-electron chi connectivity index (χ0n) is 12.7. The molecule has 0 bridgehead atoms. The molecule has 3 rings (SSSR count). The molecule has 112 valence electrons. The fourth-order valence-electron chi connectivity index (χ4n) is 2.17. The Morgan fingerprint density at radius 1 is 1.14 bits per heavy atom. The second-order valence-electron chi connectivity index (χ2n) is 4.97. The first-order chi connectivity index (χ1) is 10.7. The van der Waals surface area contributed by atoms with Gasteiger partial charge in [0.1, 0.15) is 0 Å². The summed E-state index contributed by atoms with van der Waals surface area (Å²) in [5.41, 5.74) is 3.83. The molecule has 0 fully saturated rings. The van der Waals surface area contributed by atoms with Gasteiger partial charge in [0.2, 0.25) is 0 Å². The van der Waals surface area contributed by atoms with Crippen LogP contribution in [0.2, 0.25) is 0 Å². The maximum absolute atomic E-state index is 5.34. The van der Waals surface area contributed by atoms with Crippen LogP contribution in [0.25, 0.3) is 11.5 Å². The van der Waals surface area contributed by atoms with Crippen molar-refractivity contribution in [3.63, 3.8) is 0 Å². The quantitative estimate of drug-likeness (QED) is 0.737. The van der Waals surface area contributed by atoms with Gasteiger partial charge >= 0.3 is 6.01 Å². The Labute approximate surface area is 128 Å². The van der Waals surface area contributed by atoms with Crippen molar-refractivity contribution < 1.29 is 9.26 Å². The zero-order chi connectivity index (χ0) is 15.5. The zero-order valence-corrected chi connectivity index (χ0v) is 12.7. The van der Waals surface area contributed by atoms with E-state index in [1.54, 1.807) is 6.20 Å². The standard InChI is InChI=1S/C16H16N4O2/c1-10-6-4-5-7-12(10)8-14-19-15(22-20-14)13-9-17-16(21-3)18-11(13)2/h4-7,9H,8H2,1-3H3. The Morgan fingerprint density at radius 2 is 1.95 bits per heavy atom. The maximum Gasteiger partial charge on any atom is 0.316 e. The lowest BCUT2D eigenvalue weighted by Crippen LogP contribution is -1.96. The molecule has 2 aromatic heterocycles. The summed E-state index contributed by atoms with van der Waals surface area (Å²) in [5.74, 6) is 1.06. The van der Waals surface area contributed by atoms with E-state index < -0.39 is 0 Å². The fraction of sp³-hybridized carbons (Fsp3) is 0.250. The maximum atomic E-state index is 5.34. The van der Waals surface area contributed by atoms with Gasteiger partial charge in [-0.3, -0.25) is 0 Å². The molecule has 6 heteroatoms. The number of aryl methyl sites for hydroxylation is 2. The molecule has 0 atom stereocenters. The molecule has 0 spiro atoms. The number of hydrogen-bond acceptors (Lipinski definition) is 6. The van der Waals surface area contributed by atoms with Crippen LogP contribution < -0.4 is 4.74 Å². The van der Waals surface area contributed by atoms with Crippen molar-refractivity contribution in [3.05, 3.63) is 53.1 Å². The van der Waals surface area contributed by atoms with Crippen LogP contribution in [0.3, 0.4) is 0 Å². The molecule has 22 heavy (non-hydrogen) atoms. The van der Waals surface area contributed by atoms with E-state index in [4.69, 9.17) is 9.26 Å². The van der Waals surface area contributed by atoms with Gasteiger partial charge in [0.15, 0.2) is 5.82 Å². The highest BCUT2D eigenvalue weighted by atomic mass is 16.5. The second kappa shape index (κ2) is 5.93. The van der Waals surface area contributed by atoms with Gasteiger partial charge in [0.05, 0.1) is 18.4 Å². The van der Waals surface area contributed by atoms with Crippen LogP contribution in [0, 0.1) is 13.8 Å². The number of methoxy groups -OCH3 is 1. The van der Waals surface area contributed by atoms with Gasteiger partial charge in [-0.15, -0.1) is 0 Å².